The summed E-state index contributed by atoms with van der Waals surface area (Å²) in [5.41, 5.74) is -0.231. The van der Waals surface area contributed by atoms with E-state index < -0.39 is 0 Å². The molecule has 15 heavy (non-hydrogen) atoms. The van der Waals surface area contributed by atoms with Crippen LogP contribution in [0.1, 0.15) is 19.8 Å². The Labute approximate surface area is 89.1 Å². The molecule has 1 fully saturated rings. The number of carbonyl (C=O) groups is 1. The molecule has 2 rings (SSSR count). The average molecular weight is 206 g/mol. The molecule has 0 aromatic heterocycles. The van der Waals surface area contributed by atoms with Crippen LogP contribution in [0, 0.1) is 5.41 Å². The molecule has 3 nitrogen and oxygen atoms in total. The van der Waals surface area contributed by atoms with Gasteiger partial charge in [0.25, 0.3) is 0 Å². The van der Waals surface area contributed by atoms with Crippen LogP contribution in [-0.2, 0) is 14.3 Å². The number of ether oxygens (including phenoxy) is 2. The summed E-state index contributed by atoms with van der Waals surface area (Å²) in [5, 5.41) is 0. The molecule has 0 unspecified atom stereocenters. The lowest BCUT2D eigenvalue weighted by molar-refractivity contribution is -0.120. The van der Waals surface area contributed by atoms with Gasteiger partial charge in [-0.05, 0) is 31.9 Å². The maximum absolute atomic E-state index is 11.3. The second-order valence-corrected chi connectivity index (χ2v) is 3.88. The largest absolute Gasteiger partial charge is 0.454 e. The Morgan fingerprint density at radius 3 is 2.60 bits per heavy atom. The van der Waals surface area contributed by atoms with Gasteiger partial charge < -0.3 is 9.47 Å². The second-order valence-electron chi connectivity index (χ2n) is 3.88. The van der Waals surface area contributed by atoms with Gasteiger partial charge in [-0.1, -0.05) is 12.7 Å². The van der Waals surface area contributed by atoms with Crippen LogP contribution in [-0.4, -0.2) is 12.6 Å². The lowest BCUT2D eigenvalue weighted by Crippen LogP contribution is -2.07. The maximum Gasteiger partial charge on any atom is 0.231 e. The minimum atomic E-state index is -0.231. The maximum atomic E-state index is 11.3. The van der Waals surface area contributed by atoms with Gasteiger partial charge in [-0.25, -0.2) is 0 Å². The van der Waals surface area contributed by atoms with Crippen molar-refractivity contribution in [3.8, 4) is 0 Å². The highest BCUT2D eigenvalue weighted by Crippen LogP contribution is 2.48. The fourth-order valence-electron chi connectivity index (χ4n) is 1.59. The van der Waals surface area contributed by atoms with Crippen LogP contribution in [0.4, 0.5) is 0 Å². The second kappa shape index (κ2) is 3.57. The summed E-state index contributed by atoms with van der Waals surface area (Å²) >= 11 is 0. The molecule has 2 aliphatic rings. The molecule has 1 aliphatic heterocycles. The van der Waals surface area contributed by atoms with Crippen LogP contribution in [0.5, 0.6) is 0 Å². The number of hydrogen-bond donors (Lipinski definition) is 0. The fourth-order valence-corrected chi connectivity index (χ4v) is 1.59. The molecule has 80 valence electrons. The van der Waals surface area contributed by atoms with Crippen molar-refractivity contribution in [1.29, 1.82) is 0 Å². The first-order valence-electron chi connectivity index (χ1n) is 5.00. The summed E-state index contributed by atoms with van der Waals surface area (Å²) in [4.78, 5) is 11.3. The number of carbonyl (C=O) groups excluding carboxylic acids is 1. The van der Waals surface area contributed by atoms with E-state index in [4.69, 9.17) is 9.47 Å². The lowest BCUT2D eigenvalue weighted by Gasteiger charge is -2.03. The minimum absolute atomic E-state index is 0.221. The number of rotatable bonds is 4. The molecular weight excluding hydrogens is 192 g/mol. The first kappa shape index (κ1) is 10.0. The van der Waals surface area contributed by atoms with Gasteiger partial charge in [0.05, 0.1) is 0 Å². The molecule has 0 aromatic carbocycles. The monoisotopic (exact) mass is 206 g/mol. The van der Waals surface area contributed by atoms with Gasteiger partial charge in [-0.2, -0.15) is 0 Å². The zero-order valence-corrected chi connectivity index (χ0v) is 8.79. The lowest BCUT2D eigenvalue weighted by atomic mass is 10.0. The van der Waals surface area contributed by atoms with E-state index in [0.717, 1.165) is 12.8 Å². The van der Waals surface area contributed by atoms with Crippen molar-refractivity contribution in [3.63, 3.8) is 0 Å². The summed E-state index contributed by atoms with van der Waals surface area (Å²) in [5.74, 6) is 1.53. The zero-order valence-electron chi connectivity index (χ0n) is 8.79. The van der Waals surface area contributed by atoms with E-state index in [9.17, 15) is 4.79 Å². The molecule has 0 atom stereocenters. The number of Topliss-reactive ketones (excluding diaryl/α,β-unsaturated/α-hetero) is 1. The Kier molecular flexibility index (Phi) is 2.39. The predicted octanol–water partition coefficient (Wildman–Crippen LogP) is 2.31. The Morgan fingerprint density at radius 2 is 2.07 bits per heavy atom. The molecule has 0 saturated heterocycles. The van der Waals surface area contributed by atoms with Crippen LogP contribution >= 0.6 is 0 Å². The molecule has 0 amide bonds. The molecule has 1 heterocycles. The molecule has 0 N–H and O–H groups in total. The summed E-state index contributed by atoms with van der Waals surface area (Å²) in [6.07, 6.45) is 7.23. The van der Waals surface area contributed by atoms with E-state index in [1.807, 2.05) is 12.2 Å². The molecule has 0 spiro atoms. The van der Waals surface area contributed by atoms with E-state index >= 15 is 0 Å². The Morgan fingerprint density at radius 1 is 1.40 bits per heavy atom. The predicted molar refractivity (Wildman–Crippen MR) is 55.7 cm³/mol. The van der Waals surface area contributed by atoms with Crippen molar-refractivity contribution in [1.82, 2.24) is 0 Å². The summed E-state index contributed by atoms with van der Waals surface area (Å²) in [7, 11) is 0. The van der Waals surface area contributed by atoms with Gasteiger partial charge >= 0.3 is 0 Å². The van der Waals surface area contributed by atoms with Gasteiger partial charge in [0.1, 0.15) is 5.78 Å². The summed E-state index contributed by atoms with van der Waals surface area (Å²) in [6.45, 7) is 5.49. The van der Waals surface area contributed by atoms with E-state index in [0.29, 0.717) is 11.5 Å². The number of hydrogen-bond acceptors (Lipinski definition) is 3. The summed E-state index contributed by atoms with van der Waals surface area (Å²) in [6, 6.07) is 0. The van der Waals surface area contributed by atoms with Crippen molar-refractivity contribution in [3.05, 3.63) is 36.3 Å². The highest BCUT2D eigenvalue weighted by atomic mass is 16.7. The molecule has 3 heteroatoms. The van der Waals surface area contributed by atoms with Gasteiger partial charge in [0.15, 0.2) is 11.5 Å². The van der Waals surface area contributed by atoms with Crippen molar-refractivity contribution in [2.45, 2.75) is 19.8 Å². The molecular formula is C12H14O3. The number of allylic oxidation sites excluding steroid dienone is 3. The van der Waals surface area contributed by atoms with Crippen LogP contribution in [0.2, 0.25) is 0 Å². The smallest absolute Gasteiger partial charge is 0.231 e. The first-order valence-corrected chi connectivity index (χ1v) is 5.00. The van der Waals surface area contributed by atoms with Crippen molar-refractivity contribution in [2.75, 3.05) is 6.79 Å². The van der Waals surface area contributed by atoms with Gasteiger partial charge in [-0.15, -0.1) is 0 Å². The van der Waals surface area contributed by atoms with E-state index in [1.54, 1.807) is 13.0 Å². The van der Waals surface area contributed by atoms with Crippen LogP contribution in [0.15, 0.2) is 36.3 Å². The Hall–Kier alpha value is -1.51. The fraction of sp³-hybridized carbons (Fsp3) is 0.417. The third-order valence-electron chi connectivity index (χ3n) is 2.90. The van der Waals surface area contributed by atoms with Gasteiger partial charge in [0.2, 0.25) is 6.79 Å². The molecule has 1 aliphatic carbocycles. The van der Waals surface area contributed by atoms with Crippen LogP contribution in [0.3, 0.4) is 0 Å². The Bertz CT molecular complexity index is 359. The quantitative estimate of drug-likeness (QED) is 0.708. The standard InChI is InChI=1S/C12H14O3/c1-3-10-11(15-8-14-10)4-5-12(6-7-12)9(2)13/h3-5H,1,6-8H2,2H3/b5-4+. The minimum Gasteiger partial charge on any atom is -0.454 e. The normalized spacial score (nSPS) is 22.5. The average Bonchev–Trinajstić information content (AvgIpc) is 2.88. The molecule has 0 bridgehead atoms. The van der Waals surface area contributed by atoms with E-state index in [-0.39, 0.29) is 18.0 Å². The topological polar surface area (TPSA) is 35.5 Å². The highest BCUT2D eigenvalue weighted by Gasteiger charge is 2.44. The molecule has 0 radical (unpaired) electrons. The van der Waals surface area contributed by atoms with Crippen molar-refractivity contribution in [2.24, 2.45) is 5.41 Å². The molecule has 0 aromatic rings. The van der Waals surface area contributed by atoms with Crippen LogP contribution in [0.25, 0.3) is 0 Å². The van der Waals surface area contributed by atoms with Crippen molar-refractivity contribution >= 4 is 5.78 Å². The third kappa shape index (κ3) is 1.82. The molecule has 1 saturated carbocycles. The van der Waals surface area contributed by atoms with Crippen LogP contribution < -0.4 is 0 Å². The van der Waals surface area contributed by atoms with Crippen molar-refractivity contribution < 1.29 is 14.3 Å². The van der Waals surface area contributed by atoms with E-state index in [2.05, 4.69) is 6.58 Å². The zero-order chi connectivity index (χ0) is 10.9. The van der Waals surface area contributed by atoms with Gasteiger partial charge in [-0.3, -0.25) is 4.79 Å². The first-order chi connectivity index (χ1) is 7.18. The third-order valence-corrected chi connectivity index (χ3v) is 2.90. The highest BCUT2D eigenvalue weighted by molar-refractivity contribution is 5.87. The number of ketones is 1. The Balaban J connectivity index is 2.12. The summed E-state index contributed by atoms with van der Waals surface area (Å²) < 4.78 is 10.4. The van der Waals surface area contributed by atoms with E-state index in [1.165, 1.54) is 0 Å². The SMILES string of the molecule is C=CC1=C(/C=C/C2(C(C)=O)CC2)OCO1. The van der Waals surface area contributed by atoms with Gasteiger partial charge in [0, 0.05) is 5.41 Å².